The summed E-state index contributed by atoms with van der Waals surface area (Å²) in [5, 5.41) is 4.14. The Morgan fingerprint density at radius 3 is 2.50 bits per heavy atom. The van der Waals surface area contributed by atoms with Crippen LogP contribution in [0.2, 0.25) is 0 Å². The molecule has 2 aromatic carbocycles. The van der Waals surface area contributed by atoms with E-state index in [1.54, 1.807) is 11.3 Å². The highest BCUT2D eigenvalue weighted by molar-refractivity contribution is 7.18. The van der Waals surface area contributed by atoms with Crippen molar-refractivity contribution < 1.29 is 9.59 Å². The van der Waals surface area contributed by atoms with Crippen molar-refractivity contribution in [3.05, 3.63) is 65.2 Å². The molecule has 0 aliphatic carbocycles. The minimum atomic E-state index is -0.472. The molecule has 3 aromatic rings. The minimum Gasteiger partial charge on any atom is -0.345 e. The van der Waals surface area contributed by atoms with Crippen LogP contribution >= 0.6 is 11.3 Å². The second-order valence-electron chi connectivity index (χ2n) is 7.99. The quantitative estimate of drug-likeness (QED) is 0.630. The van der Waals surface area contributed by atoms with Gasteiger partial charge in [-0.25, -0.2) is 4.98 Å². The fraction of sp³-hybridized carbons (Fsp3) is 0.375. The van der Waals surface area contributed by atoms with Crippen LogP contribution in [0, 0.1) is 0 Å². The number of nitrogens with one attached hydrogen (secondary N) is 1. The number of fused-ring (bicyclic) bond motifs is 1. The normalized spacial score (nSPS) is 16.4. The standard InChI is InChI=1S/C24H27N3O2S/c1-17(28)21(15-18-7-3-2-4-8-18)25-23(29)16-27-13-11-19(12-14-27)24-26-20-9-5-6-10-22(20)30-24/h2-10,19,21H,11-16H2,1H3,(H,25,29). The van der Waals surface area contributed by atoms with E-state index in [0.717, 1.165) is 37.0 Å². The number of ketones is 1. The number of carbonyl (C=O) groups excluding carboxylic acids is 2. The van der Waals surface area contributed by atoms with Gasteiger partial charge in [-0.05, 0) is 57.0 Å². The molecular weight excluding hydrogens is 394 g/mol. The van der Waals surface area contributed by atoms with Gasteiger partial charge >= 0.3 is 0 Å². The number of aromatic nitrogens is 1. The van der Waals surface area contributed by atoms with Gasteiger partial charge in [-0.2, -0.15) is 0 Å². The Labute approximate surface area is 181 Å². The summed E-state index contributed by atoms with van der Waals surface area (Å²) in [6.45, 7) is 3.62. The fourth-order valence-corrected chi connectivity index (χ4v) is 5.13. The van der Waals surface area contributed by atoms with Crippen molar-refractivity contribution in [2.75, 3.05) is 19.6 Å². The van der Waals surface area contributed by atoms with Crippen LogP contribution in [-0.2, 0) is 16.0 Å². The molecule has 1 aliphatic rings. The van der Waals surface area contributed by atoms with Gasteiger partial charge in [0.25, 0.3) is 0 Å². The first-order chi connectivity index (χ1) is 14.6. The first-order valence-corrected chi connectivity index (χ1v) is 11.3. The molecule has 1 saturated heterocycles. The number of thiazole rings is 1. The minimum absolute atomic E-state index is 0.0123. The van der Waals surface area contributed by atoms with Gasteiger partial charge in [0.15, 0.2) is 5.78 Å². The molecule has 6 heteroatoms. The van der Waals surface area contributed by atoms with E-state index in [-0.39, 0.29) is 11.7 Å². The van der Waals surface area contributed by atoms with Crippen LogP contribution in [0.25, 0.3) is 10.2 Å². The van der Waals surface area contributed by atoms with E-state index in [0.29, 0.717) is 18.9 Å². The van der Waals surface area contributed by atoms with Crippen molar-refractivity contribution in [2.45, 2.75) is 38.1 Å². The summed E-state index contributed by atoms with van der Waals surface area (Å²) >= 11 is 1.79. The SMILES string of the molecule is CC(=O)C(Cc1ccccc1)NC(=O)CN1CCC(c2nc3ccccc3s2)CC1. The van der Waals surface area contributed by atoms with Gasteiger partial charge in [0.2, 0.25) is 5.91 Å². The number of likely N-dealkylation sites (tertiary alicyclic amines) is 1. The number of hydrogen-bond acceptors (Lipinski definition) is 5. The molecule has 1 aromatic heterocycles. The Balaban J connectivity index is 1.28. The van der Waals surface area contributed by atoms with E-state index < -0.39 is 6.04 Å². The number of piperidine rings is 1. The summed E-state index contributed by atoms with van der Waals surface area (Å²) in [7, 11) is 0. The Bertz CT molecular complexity index is 976. The number of hydrogen-bond donors (Lipinski definition) is 1. The van der Waals surface area contributed by atoms with Crippen LogP contribution < -0.4 is 5.32 Å². The molecule has 0 radical (unpaired) electrons. The van der Waals surface area contributed by atoms with Crippen molar-refractivity contribution in [1.82, 2.24) is 15.2 Å². The van der Waals surface area contributed by atoms with Gasteiger partial charge in [0.1, 0.15) is 0 Å². The summed E-state index contributed by atoms with van der Waals surface area (Å²) in [5.41, 5.74) is 2.13. The first-order valence-electron chi connectivity index (χ1n) is 10.5. The van der Waals surface area contributed by atoms with E-state index >= 15 is 0 Å². The highest BCUT2D eigenvalue weighted by atomic mass is 32.1. The van der Waals surface area contributed by atoms with E-state index in [2.05, 4.69) is 28.4 Å². The van der Waals surface area contributed by atoms with Crippen molar-refractivity contribution in [3.63, 3.8) is 0 Å². The molecular formula is C24H27N3O2S. The summed E-state index contributed by atoms with van der Waals surface area (Å²) < 4.78 is 1.24. The van der Waals surface area contributed by atoms with Crippen molar-refractivity contribution >= 4 is 33.2 Å². The maximum Gasteiger partial charge on any atom is 0.234 e. The third kappa shape index (κ3) is 5.12. The highest BCUT2D eigenvalue weighted by Gasteiger charge is 2.25. The average molecular weight is 422 g/mol. The van der Waals surface area contributed by atoms with Crippen LogP contribution in [0.5, 0.6) is 0 Å². The Hall–Kier alpha value is -2.57. The third-order valence-electron chi connectivity index (χ3n) is 5.72. The van der Waals surface area contributed by atoms with Gasteiger partial charge in [-0.1, -0.05) is 42.5 Å². The van der Waals surface area contributed by atoms with Gasteiger partial charge < -0.3 is 5.32 Å². The van der Waals surface area contributed by atoms with E-state index in [1.807, 2.05) is 36.4 Å². The predicted molar refractivity (Wildman–Crippen MR) is 121 cm³/mol. The van der Waals surface area contributed by atoms with Gasteiger partial charge in [0, 0.05) is 5.92 Å². The van der Waals surface area contributed by atoms with Crippen molar-refractivity contribution in [1.29, 1.82) is 0 Å². The van der Waals surface area contributed by atoms with Crippen LogP contribution in [0.1, 0.15) is 36.3 Å². The molecule has 2 heterocycles. The number of rotatable bonds is 7. The molecule has 0 saturated carbocycles. The number of Topliss-reactive ketones (excluding diaryl/α,β-unsaturated/α-hetero) is 1. The summed E-state index contributed by atoms with van der Waals surface area (Å²) in [6, 6.07) is 17.6. The van der Waals surface area contributed by atoms with E-state index in [1.165, 1.54) is 16.6 Å². The largest absolute Gasteiger partial charge is 0.345 e. The number of para-hydroxylation sites is 1. The number of benzene rings is 2. The predicted octanol–water partition coefficient (Wildman–Crippen LogP) is 3.79. The topological polar surface area (TPSA) is 62.3 Å². The molecule has 1 amide bonds. The lowest BCUT2D eigenvalue weighted by Gasteiger charge is -2.30. The number of carbonyl (C=O) groups is 2. The molecule has 30 heavy (non-hydrogen) atoms. The lowest BCUT2D eigenvalue weighted by atomic mass is 9.97. The first kappa shape index (κ1) is 20.7. The van der Waals surface area contributed by atoms with Crippen molar-refractivity contribution in [3.8, 4) is 0 Å². The zero-order valence-corrected chi connectivity index (χ0v) is 18.0. The molecule has 5 nitrogen and oxygen atoms in total. The van der Waals surface area contributed by atoms with Crippen LogP contribution in [-0.4, -0.2) is 47.3 Å². The summed E-state index contributed by atoms with van der Waals surface area (Å²) in [4.78, 5) is 31.6. The summed E-state index contributed by atoms with van der Waals surface area (Å²) in [6.07, 6.45) is 2.54. The number of nitrogens with zero attached hydrogens (tertiary/aromatic N) is 2. The maximum absolute atomic E-state index is 12.6. The van der Waals surface area contributed by atoms with Crippen LogP contribution in [0.15, 0.2) is 54.6 Å². The number of amides is 1. The second kappa shape index (κ2) is 9.49. The monoisotopic (exact) mass is 421 g/mol. The fourth-order valence-electron chi connectivity index (χ4n) is 3.99. The zero-order chi connectivity index (χ0) is 20.9. The molecule has 156 valence electrons. The maximum atomic E-state index is 12.6. The summed E-state index contributed by atoms with van der Waals surface area (Å²) in [5.74, 6) is 0.371. The Kier molecular flexibility index (Phi) is 6.55. The van der Waals surface area contributed by atoms with Gasteiger partial charge in [0.05, 0.1) is 27.8 Å². The molecule has 1 N–H and O–H groups in total. The van der Waals surface area contributed by atoms with Crippen LogP contribution in [0.4, 0.5) is 0 Å². The zero-order valence-electron chi connectivity index (χ0n) is 17.2. The Morgan fingerprint density at radius 1 is 1.10 bits per heavy atom. The molecule has 1 aliphatic heterocycles. The third-order valence-corrected chi connectivity index (χ3v) is 6.92. The molecule has 0 bridgehead atoms. The molecule has 1 fully saturated rings. The van der Waals surface area contributed by atoms with E-state index in [4.69, 9.17) is 4.98 Å². The second-order valence-corrected chi connectivity index (χ2v) is 9.05. The lowest BCUT2D eigenvalue weighted by Crippen LogP contribution is -2.47. The molecule has 0 spiro atoms. The van der Waals surface area contributed by atoms with Crippen molar-refractivity contribution in [2.24, 2.45) is 0 Å². The van der Waals surface area contributed by atoms with Gasteiger partial charge in [-0.3, -0.25) is 14.5 Å². The van der Waals surface area contributed by atoms with Gasteiger partial charge in [-0.15, -0.1) is 11.3 Å². The average Bonchev–Trinajstić information content (AvgIpc) is 3.19. The highest BCUT2D eigenvalue weighted by Crippen LogP contribution is 2.33. The lowest BCUT2D eigenvalue weighted by molar-refractivity contribution is -0.127. The van der Waals surface area contributed by atoms with Crippen LogP contribution in [0.3, 0.4) is 0 Å². The Morgan fingerprint density at radius 2 is 1.80 bits per heavy atom. The molecule has 4 rings (SSSR count). The van der Waals surface area contributed by atoms with E-state index in [9.17, 15) is 9.59 Å². The smallest absolute Gasteiger partial charge is 0.234 e. The molecule has 1 atom stereocenters. The molecule has 1 unspecified atom stereocenters.